The van der Waals surface area contributed by atoms with Crippen LogP contribution < -0.4 is 5.32 Å². The van der Waals surface area contributed by atoms with Crippen LogP contribution in [-0.4, -0.2) is 47.3 Å². The lowest BCUT2D eigenvalue weighted by Gasteiger charge is -2.40. The number of aliphatic hydroxyl groups is 2. The number of hydrogen-bond donors (Lipinski definition) is 3. The number of nitrogens with one attached hydrogen (secondary N) is 1. The van der Waals surface area contributed by atoms with Crippen molar-refractivity contribution in [3.05, 3.63) is 24.0 Å². The molecule has 0 radical (unpaired) electrons. The highest BCUT2D eigenvalue weighted by Crippen LogP contribution is 2.44. The Morgan fingerprint density at radius 1 is 1.14 bits per heavy atom. The van der Waals surface area contributed by atoms with E-state index >= 15 is 0 Å². The van der Waals surface area contributed by atoms with Gasteiger partial charge in [0.1, 0.15) is 5.60 Å². The average Bonchev–Trinajstić information content (AvgIpc) is 2.98. The van der Waals surface area contributed by atoms with E-state index in [-0.39, 0.29) is 6.61 Å². The van der Waals surface area contributed by atoms with Crippen molar-refractivity contribution in [2.75, 3.05) is 31.7 Å². The van der Waals surface area contributed by atoms with Gasteiger partial charge in [-0.3, -0.25) is 4.98 Å². The Labute approximate surface area is 124 Å². The number of ether oxygens (including phenoxy) is 2. The number of nitrogens with zero attached hydrogens (tertiary/aromatic N) is 1. The lowest BCUT2D eigenvalue weighted by molar-refractivity contribution is -0.204. The van der Waals surface area contributed by atoms with Crippen LogP contribution in [0.5, 0.6) is 0 Å². The second-order valence-electron chi connectivity index (χ2n) is 5.72. The molecule has 6 heteroatoms. The molecule has 0 amide bonds. The fourth-order valence-corrected chi connectivity index (χ4v) is 3.06. The summed E-state index contributed by atoms with van der Waals surface area (Å²) in [6, 6.07) is 3.72. The van der Waals surface area contributed by atoms with Crippen molar-refractivity contribution < 1.29 is 19.7 Å². The summed E-state index contributed by atoms with van der Waals surface area (Å²) in [4.78, 5) is 4.37. The summed E-state index contributed by atoms with van der Waals surface area (Å²) in [5.41, 5.74) is 0.617. The number of aromatic nitrogens is 1. The molecule has 1 saturated carbocycles. The van der Waals surface area contributed by atoms with Gasteiger partial charge in [-0.1, -0.05) is 0 Å². The van der Waals surface area contributed by atoms with Crippen molar-refractivity contribution in [1.82, 2.24) is 4.98 Å². The molecule has 21 heavy (non-hydrogen) atoms. The molecule has 1 aromatic rings. The topological polar surface area (TPSA) is 83.8 Å². The highest BCUT2D eigenvalue weighted by molar-refractivity contribution is 5.41. The van der Waals surface area contributed by atoms with Crippen molar-refractivity contribution in [3.63, 3.8) is 0 Å². The minimum Gasteiger partial charge on any atom is -0.395 e. The third kappa shape index (κ3) is 3.03. The molecular weight excluding hydrogens is 272 g/mol. The fourth-order valence-electron chi connectivity index (χ4n) is 3.06. The fraction of sp³-hybridized carbons (Fsp3) is 0.667. The van der Waals surface area contributed by atoms with E-state index in [1.165, 1.54) is 0 Å². The van der Waals surface area contributed by atoms with E-state index in [0.717, 1.165) is 5.69 Å². The third-order valence-electron chi connectivity index (χ3n) is 4.33. The first kappa shape index (κ1) is 14.7. The Morgan fingerprint density at radius 2 is 1.86 bits per heavy atom. The van der Waals surface area contributed by atoms with Crippen LogP contribution in [-0.2, 0) is 15.1 Å². The van der Waals surface area contributed by atoms with Gasteiger partial charge in [0.15, 0.2) is 5.79 Å². The Bertz CT molecular complexity index is 461. The zero-order valence-electron chi connectivity index (χ0n) is 12.0. The second kappa shape index (κ2) is 5.88. The molecule has 2 aliphatic rings. The van der Waals surface area contributed by atoms with Crippen LogP contribution in [0.25, 0.3) is 0 Å². The summed E-state index contributed by atoms with van der Waals surface area (Å²) in [6.45, 7) is 1.85. The Morgan fingerprint density at radius 3 is 2.43 bits per heavy atom. The van der Waals surface area contributed by atoms with Crippen LogP contribution in [0.15, 0.2) is 18.3 Å². The van der Waals surface area contributed by atoms with Gasteiger partial charge < -0.3 is 25.0 Å². The predicted octanol–water partition coefficient (Wildman–Crippen LogP) is 0.990. The van der Waals surface area contributed by atoms with E-state index in [2.05, 4.69) is 10.3 Å². The second-order valence-corrected chi connectivity index (χ2v) is 5.72. The average molecular weight is 294 g/mol. The first-order chi connectivity index (χ1) is 10.2. The first-order valence-corrected chi connectivity index (χ1v) is 7.47. The van der Waals surface area contributed by atoms with E-state index in [4.69, 9.17) is 14.6 Å². The molecule has 116 valence electrons. The summed E-state index contributed by atoms with van der Waals surface area (Å²) >= 11 is 0. The summed E-state index contributed by atoms with van der Waals surface area (Å²) in [6.07, 6.45) is 4.24. The monoisotopic (exact) mass is 294 g/mol. The standard InChI is InChI=1S/C15H22N2O4/c18-8-7-16-12-1-2-13(17-11-12)14(19)3-5-15(6-4-14)20-9-10-21-15/h1-2,11,16,18-19H,3-10H2. The summed E-state index contributed by atoms with van der Waals surface area (Å²) in [7, 11) is 0. The van der Waals surface area contributed by atoms with Crippen molar-refractivity contribution in [2.45, 2.75) is 37.1 Å². The van der Waals surface area contributed by atoms with Crippen molar-refractivity contribution in [1.29, 1.82) is 0 Å². The van der Waals surface area contributed by atoms with Crippen LogP contribution in [0, 0.1) is 0 Å². The molecule has 6 nitrogen and oxygen atoms in total. The van der Waals surface area contributed by atoms with E-state index in [1.807, 2.05) is 12.1 Å². The van der Waals surface area contributed by atoms with Crippen molar-refractivity contribution in [2.24, 2.45) is 0 Å². The van der Waals surface area contributed by atoms with E-state index in [0.29, 0.717) is 51.1 Å². The van der Waals surface area contributed by atoms with Gasteiger partial charge in [0.25, 0.3) is 0 Å². The van der Waals surface area contributed by atoms with Crippen molar-refractivity contribution >= 4 is 5.69 Å². The number of pyridine rings is 1. The normalized spacial score (nSPS) is 23.3. The summed E-state index contributed by atoms with van der Waals surface area (Å²) in [5.74, 6) is -0.477. The zero-order valence-corrected chi connectivity index (χ0v) is 12.0. The van der Waals surface area contributed by atoms with Crippen LogP contribution in [0.1, 0.15) is 31.4 Å². The number of anilines is 1. The molecular formula is C15H22N2O4. The molecule has 0 aromatic carbocycles. The largest absolute Gasteiger partial charge is 0.395 e. The molecule has 1 aliphatic carbocycles. The van der Waals surface area contributed by atoms with Crippen molar-refractivity contribution in [3.8, 4) is 0 Å². The molecule has 2 heterocycles. The molecule has 0 atom stereocenters. The molecule has 1 aliphatic heterocycles. The number of rotatable bonds is 4. The zero-order chi connectivity index (χ0) is 14.8. The SMILES string of the molecule is OCCNc1ccc(C2(O)CCC3(CC2)OCCO3)nc1. The Hall–Kier alpha value is -1.21. The maximum atomic E-state index is 10.8. The van der Waals surface area contributed by atoms with Crippen LogP contribution in [0.3, 0.4) is 0 Å². The lowest BCUT2D eigenvalue weighted by Crippen LogP contribution is -2.42. The van der Waals surface area contributed by atoms with E-state index in [1.54, 1.807) is 6.20 Å². The maximum absolute atomic E-state index is 10.8. The highest BCUT2D eigenvalue weighted by atomic mass is 16.7. The third-order valence-corrected chi connectivity index (χ3v) is 4.33. The predicted molar refractivity (Wildman–Crippen MR) is 76.8 cm³/mol. The van der Waals surface area contributed by atoms with E-state index in [9.17, 15) is 5.11 Å². The smallest absolute Gasteiger partial charge is 0.168 e. The van der Waals surface area contributed by atoms with Gasteiger partial charge in [-0.05, 0) is 25.0 Å². The molecule has 3 N–H and O–H groups in total. The molecule has 0 unspecified atom stereocenters. The van der Waals surface area contributed by atoms with Gasteiger partial charge >= 0.3 is 0 Å². The van der Waals surface area contributed by atoms with Gasteiger partial charge in [-0.2, -0.15) is 0 Å². The molecule has 0 bridgehead atoms. The Kier molecular flexibility index (Phi) is 4.12. The minimum absolute atomic E-state index is 0.0772. The van der Waals surface area contributed by atoms with Gasteiger partial charge in [0.05, 0.1) is 37.4 Å². The Balaban J connectivity index is 1.65. The van der Waals surface area contributed by atoms with Crippen LogP contribution in [0.2, 0.25) is 0 Å². The lowest BCUT2D eigenvalue weighted by atomic mass is 9.79. The first-order valence-electron chi connectivity index (χ1n) is 7.47. The summed E-state index contributed by atoms with van der Waals surface area (Å²) in [5, 5.41) is 22.6. The molecule has 1 aromatic heterocycles. The van der Waals surface area contributed by atoms with Gasteiger partial charge in [0.2, 0.25) is 0 Å². The highest BCUT2D eigenvalue weighted by Gasteiger charge is 2.46. The maximum Gasteiger partial charge on any atom is 0.168 e. The minimum atomic E-state index is -0.907. The van der Waals surface area contributed by atoms with Crippen LogP contribution >= 0.6 is 0 Å². The molecule has 3 rings (SSSR count). The van der Waals surface area contributed by atoms with Crippen LogP contribution in [0.4, 0.5) is 5.69 Å². The number of hydrogen-bond acceptors (Lipinski definition) is 6. The molecule has 2 fully saturated rings. The quantitative estimate of drug-likeness (QED) is 0.768. The van der Waals surface area contributed by atoms with Gasteiger partial charge in [-0.25, -0.2) is 0 Å². The molecule has 1 spiro atoms. The number of aliphatic hydroxyl groups excluding tert-OH is 1. The van der Waals surface area contributed by atoms with E-state index < -0.39 is 11.4 Å². The van der Waals surface area contributed by atoms with Gasteiger partial charge in [-0.15, -0.1) is 0 Å². The summed E-state index contributed by atoms with van der Waals surface area (Å²) < 4.78 is 11.4. The van der Waals surface area contributed by atoms with Gasteiger partial charge in [0, 0.05) is 19.4 Å². The molecule has 1 saturated heterocycles.